The number of hydrogen-bond donors (Lipinski definition) is 1. The summed E-state index contributed by atoms with van der Waals surface area (Å²) in [7, 11) is 2.05. The van der Waals surface area contributed by atoms with Crippen LogP contribution in [0.25, 0.3) is 0 Å². The first kappa shape index (κ1) is 33.2. The van der Waals surface area contributed by atoms with Gasteiger partial charge in [0.2, 0.25) is 0 Å². The lowest BCUT2D eigenvalue weighted by Crippen LogP contribution is -2.51. The summed E-state index contributed by atoms with van der Waals surface area (Å²) in [6.45, 7) is 2.23. The maximum absolute atomic E-state index is 12.7. The molecule has 0 aliphatic rings. The van der Waals surface area contributed by atoms with E-state index in [-0.39, 0.29) is 6.42 Å². The summed E-state index contributed by atoms with van der Waals surface area (Å²) in [4.78, 5) is 35.4. The number of alkyl halides is 3. The minimum Gasteiger partial charge on any atom is -0.468 e. The lowest BCUT2D eigenvalue weighted by atomic mass is 9.93. The summed E-state index contributed by atoms with van der Waals surface area (Å²) < 4.78 is 47.3. The normalized spacial score (nSPS) is 12.4. The Morgan fingerprint density at radius 1 is 0.657 bits per heavy atom. The number of amides is 1. The van der Waals surface area contributed by atoms with Crippen molar-refractivity contribution < 1.29 is 37.0 Å². The first-order chi connectivity index (χ1) is 16.7. The zero-order valence-electron chi connectivity index (χ0n) is 21.9. The Morgan fingerprint density at radius 3 is 1.31 bits per heavy atom. The molecule has 0 saturated heterocycles. The molecule has 0 bridgehead atoms. The summed E-state index contributed by atoms with van der Waals surface area (Å²) in [6.07, 6.45) is 13.4. The summed E-state index contributed by atoms with van der Waals surface area (Å²) in [5.41, 5.74) is 0. The predicted octanol–water partition coefficient (Wildman–Crippen LogP) is 6.65. The van der Waals surface area contributed by atoms with Gasteiger partial charge in [0.05, 0.1) is 20.3 Å². The van der Waals surface area contributed by atoms with Crippen LogP contribution in [-0.2, 0) is 23.9 Å². The number of carbonyl (C=O) groups excluding carboxylic acids is 3. The molecule has 0 heterocycles. The highest BCUT2D eigenvalue weighted by Crippen LogP contribution is 2.21. The summed E-state index contributed by atoms with van der Waals surface area (Å²) in [5.74, 6) is -5.92. The van der Waals surface area contributed by atoms with Gasteiger partial charge in [0.1, 0.15) is 0 Å². The highest BCUT2D eigenvalue weighted by Gasteiger charge is 2.44. The van der Waals surface area contributed by atoms with Crippen molar-refractivity contribution in [3.8, 4) is 0 Å². The number of esters is 2. The van der Waals surface area contributed by atoms with E-state index in [4.69, 9.17) is 0 Å². The van der Waals surface area contributed by atoms with Gasteiger partial charge >= 0.3 is 24.0 Å². The van der Waals surface area contributed by atoms with E-state index < -0.39 is 36.0 Å². The molecule has 9 heteroatoms. The van der Waals surface area contributed by atoms with Crippen LogP contribution in [0.5, 0.6) is 0 Å². The molecule has 0 fully saturated rings. The van der Waals surface area contributed by atoms with Crippen molar-refractivity contribution in [1.29, 1.82) is 0 Å². The Hall–Kier alpha value is -1.80. The van der Waals surface area contributed by atoms with Gasteiger partial charge in [0, 0.05) is 0 Å². The van der Waals surface area contributed by atoms with Crippen LogP contribution in [0.15, 0.2) is 0 Å². The van der Waals surface area contributed by atoms with E-state index in [9.17, 15) is 27.6 Å². The molecule has 1 N–H and O–H groups in total. The second-order valence-corrected chi connectivity index (χ2v) is 9.19. The van der Waals surface area contributed by atoms with E-state index in [2.05, 4.69) is 16.4 Å². The van der Waals surface area contributed by atoms with Crippen LogP contribution < -0.4 is 5.32 Å². The van der Waals surface area contributed by atoms with Crippen molar-refractivity contribution in [3.63, 3.8) is 0 Å². The molecule has 0 aliphatic carbocycles. The average Bonchev–Trinajstić information content (AvgIpc) is 2.82. The standard InChI is InChI=1S/C26H46F3NO5/c1-4-5-6-7-8-9-10-11-12-13-14-15-16-17-18-19-20-21(30-25(33)26(27,28)29)22(23(31)34-2)24(32)35-3/h21-22H,4-20H2,1-3H3,(H,30,33). The smallest absolute Gasteiger partial charge is 0.468 e. The molecule has 6 nitrogen and oxygen atoms in total. The first-order valence-corrected chi connectivity index (χ1v) is 13.2. The molecule has 1 amide bonds. The van der Waals surface area contributed by atoms with Crippen molar-refractivity contribution in [2.24, 2.45) is 5.92 Å². The molecule has 0 aromatic heterocycles. The largest absolute Gasteiger partial charge is 0.471 e. The molecule has 0 saturated carbocycles. The quantitative estimate of drug-likeness (QED) is 0.106. The number of hydrogen-bond acceptors (Lipinski definition) is 5. The van der Waals surface area contributed by atoms with E-state index in [1.165, 1.54) is 70.6 Å². The van der Waals surface area contributed by atoms with Crippen LogP contribution in [0.3, 0.4) is 0 Å². The molecular formula is C26H46F3NO5. The Kier molecular flexibility index (Phi) is 19.3. The van der Waals surface area contributed by atoms with Crippen LogP contribution in [0.2, 0.25) is 0 Å². The number of methoxy groups -OCH3 is 2. The Morgan fingerprint density at radius 2 is 1.00 bits per heavy atom. The van der Waals surface area contributed by atoms with Crippen LogP contribution in [0, 0.1) is 5.92 Å². The SMILES string of the molecule is CCCCCCCCCCCCCCCCCCC(NC(=O)C(F)(F)F)C(C(=O)OC)C(=O)OC. The van der Waals surface area contributed by atoms with Crippen molar-refractivity contribution in [2.45, 2.75) is 128 Å². The van der Waals surface area contributed by atoms with Gasteiger partial charge in [-0.1, -0.05) is 110 Å². The molecule has 0 aromatic carbocycles. The van der Waals surface area contributed by atoms with Gasteiger partial charge in [0.15, 0.2) is 5.92 Å². The number of rotatable bonds is 21. The first-order valence-electron chi connectivity index (χ1n) is 13.2. The lowest BCUT2D eigenvalue weighted by molar-refractivity contribution is -0.176. The molecule has 0 aliphatic heterocycles. The number of ether oxygens (including phenoxy) is 2. The van der Waals surface area contributed by atoms with Gasteiger partial charge in [-0.3, -0.25) is 14.4 Å². The van der Waals surface area contributed by atoms with Gasteiger partial charge in [-0.15, -0.1) is 0 Å². The van der Waals surface area contributed by atoms with E-state index >= 15 is 0 Å². The second-order valence-electron chi connectivity index (χ2n) is 9.19. The number of halogens is 3. The molecule has 0 rings (SSSR count). The molecule has 206 valence electrons. The van der Waals surface area contributed by atoms with Gasteiger partial charge < -0.3 is 14.8 Å². The Labute approximate surface area is 209 Å². The minimum atomic E-state index is -5.12. The highest BCUT2D eigenvalue weighted by atomic mass is 19.4. The van der Waals surface area contributed by atoms with Crippen molar-refractivity contribution in [1.82, 2.24) is 5.32 Å². The summed E-state index contributed by atoms with van der Waals surface area (Å²) in [5, 5.41) is 1.77. The Balaban J connectivity index is 4.18. The maximum Gasteiger partial charge on any atom is 0.471 e. The molecule has 0 radical (unpaired) electrons. The number of carbonyl (C=O) groups is 3. The Bertz CT molecular complexity index is 568. The van der Waals surface area contributed by atoms with Gasteiger partial charge in [-0.25, -0.2) is 0 Å². The monoisotopic (exact) mass is 509 g/mol. The average molecular weight is 510 g/mol. The van der Waals surface area contributed by atoms with Gasteiger partial charge in [0.25, 0.3) is 0 Å². The topological polar surface area (TPSA) is 81.7 Å². The van der Waals surface area contributed by atoms with Gasteiger partial charge in [-0.05, 0) is 6.42 Å². The third-order valence-corrected chi connectivity index (χ3v) is 6.26. The van der Waals surface area contributed by atoms with Crippen molar-refractivity contribution >= 4 is 17.8 Å². The second kappa shape index (κ2) is 20.4. The number of unbranched alkanes of at least 4 members (excludes halogenated alkanes) is 15. The van der Waals surface area contributed by atoms with Crippen LogP contribution >= 0.6 is 0 Å². The number of nitrogens with one attached hydrogen (secondary N) is 1. The predicted molar refractivity (Wildman–Crippen MR) is 130 cm³/mol. The van der Waals surface area contributed by atoms with E-state index in [0.717, 1.165) is 39.9 Å². The molecule has 0 aromatic rings. The maximum atomic E-state index is 12.7. The highest BCUT2D eigenvalue weighted by molar-refractivity contribution is 5.96. The third-order valence-electron chi connectivity index (χ3n) is 6.26. The fourth-order valence-corrected chi connectivity index (χ4v) is 4.16. The van der Waals surface area contributed by atoms with Gasteiger partial charge in [-0.2, -0.15) is 13.2 Å². The zero-order valence-corrected chi connectivity index (χ0v) is 21.9. The van der Waals surface area contributed by atoms with Crippen LogP contribution in [0.1, 0.15) is 116 Å². The molecule has 0 spiro atoms. The van der Waals surface area contributed by atoms with Crippen LogP contribution in [-0.4, -0.2) is 44.3 Å². The minimum absolute atomic E-state index is 0.0368. The van der Waals surface area contributed by atoms with E-state index in [0.29, 0.717) is 6.42 Å². The fourth-order valence-electron chi connectivity index (χ4n) is 4.16. The van der Waals surface area contributed by atoms with E-state index in [1.54, 1.807) is 5.32 Å². The third kappa shape index (κ3) is 16.5. The zero-order chi connectivity index (χ0) is 26.5. The summed E-state index contributed by atoms with van der Waals surface area (Å²) >= 11 is 0. The van der Waals surface area contributed by atoms with Crippen molar-refractivity contribution in [2.75, 3.05) is 14.2 Å². The molecular weight excluding hydrogens is 463 g/mol. The fraction of sp³-hybridized carbons (Fsp3) is 0.885. The molecule has 1 atom stereocenters. The lowest BCUT2D eigenvalue weighted by Gasteiger charge is -2.25. The van der Waals surface area contributed by atoms with E-state index in [1.807, 2.05) is 0 Å². The summed E-state index contributed by atoms with van der Waals surface area (Å²) in [6, 6.07) is -1.35. The molecule has 1 unspecified atom stereocenters. The van der Waals surface area contributed by atoms with Crippen LogP contribution in [0.4, 0.5) is 13.2 Å². The van der Waals surface area contributed by atoms with Crippen molar-refractivity contribution in [3.05, 3.63) is 0 Å². The molecule has 35 heavy (non-hydrogen) atoms.